The van der Waals surface area contributed by atoms with Crippen LogP contribution in [0.4, 0.5) is 0 Å². The number of rotatable bonds is 7. The second-order valence-corrected chi connectivity index (χ2v) is 4.56. The third kappa shape index (κ3) is 7.10. The predicted molar refractivity (Wildman–Crippen MR) is 60.5 cm³/mol. The Morgan fingerprint density at radius 3 is 2.29 bits per heavy atom. The number of hydrogen-bond donors (Lipinski definition) is 0. The van der Waals surface area contributed by atoms with E-state index in [9.17, 15) is 0 Å². The molecule has 0 saturated carbocycles. The Balaban J connectivity index is 3.87. The fraction of sp³-hybridized carbons (Fsp3) is 0.833. The van der Waals surface area contributed by atoms with Gasteiger partial charge in [-0.25, -0.2) is 0 Å². The summed E-state index contributed by atoms with van der Waals surface area (Å²) in [6.45, 7) is 14.6. The molecule has 2 heteroatoms. The molecule has 0 N–H and O–H groups in total. The molecule has 0 aliphatic carbocycles. The highest BCUT2D eigenvalue weighted by atomic mass is 16.5. The molecule has 0 aromatic carbocycles. The maximum absolute atomic E-state index is 5.66. The Bertz CT molecular complexity index is 162. The lowest BCUT2D eigenvalue weighted by molar-refractivity contribution is -0.0647. The highest BCUT2D eigenvalue weighted by molar-refractivity contribution is 4.75. The van der Waals surface area contributed by atoms with E-state index in [1.54, 1.807) is 6.08 Å². The van der Waals surface area contributed by atoms with Gasteiger partial charge in [0.2, 0.25) is 0 Å². The van der Waals surface area contributed by atoms with Crippen molar-refractivity contribution >= 4 is 0 Å². The normalized spacial score (nSPS) is 14.4. The Morgan fingerprint density at radius 1 is 1.29 bits per heavy atom. The van der Waals surface area contributed by atoms with E-state index in [2.05, 4.69) is 27.4 Å². The molecule has 0 amide bonds. The molecule has 2 nitrogen and oxygen atoms in total. The van der Waals surface area contributed by atoms with Crippen LogP contribution in [0.25, 0.3) is 0 Å². The smallest absolute Gasteiger partial charge is 0.0655 e. The van der Waals surface area contributed by atoms with Crippen molar-refractivity contribution in [1.82, 2.24) is 0 Å². The summed E-state index contributed by atoms with van der Waals surface area (Å²) in [5.41, 5.74) is -0.136. The van der Waals surface area contributed by atoms with Crippen LogP contribution in [0.1, 0.15) is 41.0 Å². The van der Waals surface area contributed by atoms with E-state index in [4.69, 9.17) is 9.47 Å². The summed E-state index contributed by atoms with van der Waals surface area (Å²) in [5, 5.41) is 0. The minimum Gasteiger partial charge on any atom is -0.376 e. The minimum absolute atomic E-state index is 0.136. The Kier molecular flexibility index (Phi) is 6.05. The Labute approximate surface area is 88.3 Å². The molecule has 0 fully saturated rings. The number of hydrogen-bond acceptors (Lipinski definition) is 2. The molecule has 0 rings (SSSR count). The lowest BCUT2D eigenvalue weighted by Gasteiger charge is -2.28. The van der Waals surface area contributed by atoms with Gasteiger partial charge in [-0.1, -0.05) is 6.08 Å². The molecule has 0 aliphatic rings. The van der Waals surface area contributed by atoms with Crippen LogP contribution in [0.15, 0.2) is 12.7 Å². The standard InChI is InChI=1S/C12H24O2/c1-7-8-13-12(5,6)9-11(4)14-10(2)3/h7,10-11H,1,8-9H2,2-6H3. The summed E-state index contributed by atoms with van der Waals surface area (Å²) in [6.07, 6.45) is 3.18. The molecule has 0 radical (unpaired) electrons. The molecule has 0 bridgehead atoms. The summed E-state index contributed by atoms with van der Waals surface area (Å²) >= 11 is 0. The van der Waals surface area contributed by atoms with Crippen molar-refractivity contribution in [2.24, 2.45) is 0 Å². The Hall–Kier alpha value is -0.340. The van der Waals surface area contributed by atoms with Crippen molar-refractivity contribution < 1.29 is 9.47 Å². The van der Waals surface area contributed by atoms with Crippen LogP contribution in [0.3, 0.4) is 0 Å². The zero-order valence-electron chi connectivity index (χ0n) is 10.2. The van der Waals surface area contributed by atoms with Crippen LogP contribution >= 0.6 is 0 Å². The van der Waals surface area contributed by atoms with Crippen LogP contribution < -0.4 is 0 Å². The molecule has 0 aliphatic heterocycles. The summed E-state index contributed by atoms with van der Waals surface area (Å²) in [5.74, 6) is 0. The molecule has 84 valence electrons. The lowest BCUT2D eigenvalue weighted by atomic mass is 10.0. The third-order valence-corrected chi connectivity index (χ3v) is 1.88. The molecule has 0 saturated heterocycles. The van der Waals surface area contributed by atoms with E-state index in [-0.39, 0.29) is 17.8 Å². The average Bonchev–Trinajstić information content (AvgIpc) is 1.98. The monoisotopic (exact) mass is 200 g/mol. The highest BCUT2D eigenvalue weighted by Gasteiger charge is 2.22. The van der Waals surface area contributed by atoms with Crippen molar-refractivity contribution in [2.75, 3.05) is 6.61 Å². The second kappa shape index (κ2) is 6.20. The fourth-order valence-electron chi connectivity index (χ4n) is 1.55. The van der Waals surface area contributed by atoms with Crippen LogP contribution in [-0.2, 0) is 9.47 Å². The molecule has 0 heterocycles. The van der Waals surface area contributed by atoms with Gasteiger partial charge in [0, 0.05) is 6.42 Å². The molecule has 0 spiro atoms. The van der Waals surface area contributed by atoms with Gasteiger partial charge in [-0.15, -0.1) is 6.58 Å². The third-order valence-electron chi connectivity index (χ3n) is 1.88. The van der Waals surface area contributed by atoms with Crippen molar-refractivity contribution in [3.8, 4) is 0 Å². The second-order valence-electron chi connectivity index (χ2n) is 4.56. The summed E-state index contributed by atoms with van der Waals surface area (Å²) < 4.78 is 11.3. The zero-order chi connectivity index (χ0) is 11.2. The molecular weight excluding hydrogens is 176 g/mol. The highest BCUT2D eigenvalue weighted by Crippen LogP contribution is 2.19. The molecule has 14 heavy (non-hydrogen) atoms. The van der Waals surface area contributed by atoms with Gasteiger partial charge in [0.15, 0.2) is 0 Å². The van der Waals surface area contributed by atoms with Gasteiger partial charge in [0.1, 0.15) is 0 Å². The van der Waals surface area contributed by atoms with Crippen LogP contribution in [0.5, 0.6) is 0 Å². The van der Waals surface area contributed by atoms with Crippen molar-refractivity contribution in [3.63, 3.8) is 0 Å². The quantitative estimate of drug-likeness (QED) is 0.588. The Morgan fingerprint density at radius 2 is 1.86 bits per heavy atom. The number of ether oxygens (including phenoxy) is 2. The van der Waals surface area contributed by atoms with Gasteiger partial charge in [0.05, 0.1) is 24.4 Å². The fourth-order valence-corrected chi connectivity index (χ4v) is 1.55. The zero-order valence-corrected chi connectivity index (χ0v) is 10.2. The van der Waals surface area contributed by atoms with Crippen LogP contribution in [0, 0.1) is 0 Å². The molecule has 1 atom stereocenters. The van der Waals surface area contributed by atoms with Crippen molar-refractivity contribution in [3.05, 3.63) is 12.7 Å². The predicted octanol–water partition coefficient (Wildman–Crippen LogP) is 3.17. The van der Waals surface area contributed by atoms with Gasteiger partial charge in [0.25, 0.3) is 0 Å². The van der Waals surface area contributed by atoms with E-state index < -0.39 is 0 Å². The van der Waals surface area contributed by atoms with E-state index in [1.165, 1.54) is 0 Å². The van der Waals surface area contributed by atoms with Gasteiger partial charge in [-0.3, -0.25) is 0 Å². The topological polar surface area (TPSA) is 18.5 Å². The summed E-state index contributed by atoms with van der Waals surface area (Å²) in [6, 6.07) is 0. The van der Waals surface area contributed by atoms with Crippen LogP contribution in [0.2, 0.25) is 0 Å². The first-order valence-corrected chi connectivity index (χ1v) is 5.27. The first-order chi connectivity index (χ1) is 6.37. The van der Waals surface area contributed by atoms with Gasteiger partial charge in [-0.05, 0) is 34.6 Å². The minimum atomic E-state index is -0.136. The van der Waals surface area contributed by atoms with Gasteiger partial charge < -0.3 is 9.47 Å². The van der Waals surface area contributed by atoms with E-state index in [1.807, 2.05) is 13.8 Å². The molecular formula is C12H24O2. The van der Waals surface area contributed by atoms with Crippen molar-refractivity contribution in [1.29, 1.82) is 0 Å². The maximum Gasteiger partial charge on any atom is 0.0655 e. The molecule has 0 aromatic rings. The van der Waals surface area contributed by atoms with Gasteiger partial charge >= 0.3 is 0 Å². The summed E-state index contributed by atoms with van der Waals surface area (Å²) in [4.78, 5) is 0. The van der Waals surface area contributed by atoms with Crippen molar-refractivity contribution in [2.45, 2.75) is 58.8 Å². The molecule has 1 unspecified atom stereocenters. The van der Waals surface area contributed by atoms with Crippen LogP contribution in [-0.4, -0.2) is 24.4 Å². The average molecular weight is 200 g/mol. The van der Waals surface area contributed by atoms with E-state index in [0.717, 1.165) is 6.42 Å². The largest absolute Gasteiger partial charge is 0.376 e. The first kappa shape index (κ1) is 13.7. The SMILES string of the molecule is C=CCOC(C)(C)CC(C)OC(C)C. The molecule has 0 aromatic heterocycles. The first-order valence-electron chi connectivity index (χ1n) is 5.27. The van der Waals surface area contributed by atoms with E-state index in [0.29, 0.717) is 6.61 Å². The summed E-state index contributed by atoms with van der Waals surface area (Å²) in [7, 11) is 0. The van der Waals surface area contributed by atoms with E-state index >= 15 is 0 Å². The van der Waals surface area contributed by atoms with Gasteiger partial charge in [-0.2, -0.15) is 0 Å². The maximum atomic E-state index is 5.66. The lowest BCUT2D eigenvalue weighted by Crippen LogP contribution is -2.31.